The van der Waals surface area contributed by atoms with E-state index in [0.29, 0.717) is 11.0 Å². The molecule has 0 radical (unpaired) electrons. The summed E-state index contributed by atoms with van der Waals surface area (Å²) >= 11 is 0. The van der Waals surface area contributed by atoms with Crippen LogP contribution < -0.4 is 10.9 Å². The minimum atomic E-state index is -0.357. The summed E-state index contributed by atoms with van der Waals surface area (Å²) in [6, 6.07) is 8.67. The molecule has 4 nitrogen and oxygen atoms in total. The van der Waals surface area contributed by atoms with E-state index in [4.69, 9.17) is 4.42 Å². The van der Waals surface area contributed by atoms with Gasteiger partial charge in [0.25, 0.3) is 0 Å². The minimum absolute atomic E-state index is 0.150. The van der Waals surface area contributed by atoms with Gasteiger partial charge in [0.2, 0.25) is 0 Å². The first kappa shape index (κ1) is 13.9. The van der Waals surface area contributed by atoms with Crippen LogP contribution in [0.4, 0.5) is 5.69 Å². The van der Waals surface area contributed by atoms with Gasteiger partial charge in [-0.3, -0.25) is 0 Å². The van der Waals surface area contributed by atoms with Crippen molar-refractivity contribution in [3.05, 3.63) is 52.4 Å². The molecule has 3 aromatic rings. The molecule has 0 bridgehead atoms. The Morgan fingerprint density at radius 3 is 2.70 bits per heavy atom. The molecule has 0 amide bonds. The Kier molecular flexibility index (Phi) is 2.64. The minimum Gasteiger partial charge on any atom is -0.508 e. The van der Waals surface area contributed by atoms with Gasteiger partial charge in [0.1, 0.15) is 11.3 Å². The summed E-state index contributed by atoms with van der Waals surface area (Å²) in [6.07, 6.45) is 2.11. The Morgan fingerprint density at radius 2 is 1.91 bits per heavy atom. The van der Waals surface area contributed by atoms with Gasteiger partial charge in [0.15, 0.2) is 0 Å². The van der Waals surface area contributed by atoms with Crippen LogP contribution in [0.15, 0.2) is 45.6 Å². The van der Waals surface area contributed by atoms with Crippen LogP contribution in [0.1, 0.15) is 26.3 Å². The second kappa shape index (κ2) is 4.38. The van der Waals surface area contributed by atoms with E-state index in [1.165, 1.54) is 6.07 Å². The van der Waals surface area contributed by atoms with Gasteiger partial charge in [0.05, 0.1) is 10.9 Å². The number of hydrogen-bond donors (Lipinski definition) is 2. The summed E-state index contributed by atoms with van der Waals surface area (Å²) in [7, 11) is 0. The molecule has 0 unspecified atom stereocenters. The first-order valence-corrected chi connectivity index (χ1v) is 7.56. The van der Waals surface area contributed by atoms with Gasteiger partial charge >= 0.3 is 5.63 Å². The number of allylic oxidation sites excluding steroid dienone is 1. The normalized spacial score (nSPS) is 16.0. The molecular weight excluding hydrogens is 290 g/mol. The van der Waals surface area contributed by atoms with Crippen LogP contribution in [0.3, 0.4) is 0 Å². The zero-order chi connectivity index (χ0) is 16.4. The van der Waals surface area contributed by atoms with Crippen LogP contribution in [0.2, 0.25) is 0 Å². The summed E-state index contributed by atoms with van der Waals surface area (Å²) in [5, 5.41) is 15.3. The summed E-state index contributed by atoms with van der Waals surface area (Å²) in [5.41, 5.74) is 2.80. The van der Waals surface area contributed by atoms with Crippen molar-refractivity contribution in [1.82, 2.24) is 0 Å². The quantitative estimate of drug-likeness (QED) is 0.481. The standard InChI is InChI=1S/C19H17NO3/c1-10-9-19(2,3)20-14-6-5-12-13-8-11(21)4-7-15(13)23-18(22)17(12)16(10)14/h4-9,20-21H,1-3H3. The van der Waals surface area contributed by atoms with Crippen LogP contribution in [0.25, 0.3) is 27.3 Å². The maximum Gasteiger partial charge on any atom is 0.344 e. The topological polar surface area (TPSA) is 62.5 Å². The molecule has 23 heavy (non-hydrogen) atoms. The highest BCUT2D eigenvalue weighted by Crippen LogP contribution is 2.39. The first-order chi connectivity index (χ1) is 10.9. The Bertz CT molecular complexity index is 1060. The molecule has 0 fully saturated rings. The number of benzene rings is 2. The molecule has 2 N–H and O–H groups in total. The molecule has 4 rings (SSSR count). The molecule has 2 heterocycles. The highest BCUT2D eigenvalue weighted by molar-refractivity contribution is 6.10. The lowest BCUT2D eigenvalue weighted by Gasteiger charge is -2.31. The van der Waals surface area contributed by atoms with Gasteiger partial charge in [-0.05, 0) is 50.6 Å². The third-order valence-corrected chi connectivity index (χ3v) is 4.29. The number of rotatable bonds is 0. The molecule has 0 aliphatic carbocycles. The van der Waals surface area contributed by atoms with Gasteiger partial charge in [-0.2, -0.15) is 0 Å². The molecule has 1 aliphatic rings. The average molecular weight is 307 g/mol. The van der Waals surface area contributed by atoms with E-state index in [1.807, 2.05) is 19.1 Å². The Morgan fingerprint density at radius 1 is 1.13 bits per heavy atom. The zero-order valence-corrected chi connectivity index (χ0v) is 13.2. The van der Waals surface area contributed by atoms with E-state index in [0.717, 1.165) is 27.6 Å². The second-order valence-corrected chi connectivity index (χ2v) is 6.65. The Labute approximate surface area is 133 Å². The summed E-state index contributed by atoms with van der Waals surface area (Å²) in [6.45, 7) is 6.18. The van der Waals surface area contributed by atoms with Crippen molar-refractivity contribution in [3.8, 4) is 5.75 Å². The third kappa shape index (κ3) is 2.02. The third-order valence-electron chi connectivity index (χ3n) is 4.29. The molecule has 0 atom stereocenters. The summed E-state index contributed by atoms with van der Waals surface area (Å²) < 4.78 is 5.47. The second-order valence-electron chi connectivity index (χ2n) is 6.65. The van der Waals surface area contributed by atoms with Gasteiger partial charge in [0, 0.05) is 22.0 Å². The molecule has 4 heteroatoms. The van der Waals surface area contributed by atoms with Gasteiger partial charge in [-0.15, -0.1) is 0 Å². The van der Waals surface area contributed by atoms with Gasteiger partial charge < -0.3 is 14.8 Å². The SMILES string of the molecule is CC1=CC(C)(C)Nc2ccc3c(c21)c(=O)oc1ccc(O)cc13. The van der Waals surface area contributed by atoms with Crippen molar-refractivity contribution in [2.75, 3.05) is 5.32 Å². The lowest BCUT2D eigenvalue weighted by atomic mass is 9.88. The summed E-state index contributed by atoms with van der Waals surface area (Å²) in [5.74, 6) is 0.150. The molecular formula is C19H17NO3. The Hall–Kier alpha value is -2.75. The van der Waals surface area contributed by atoms with E-state index >= 15 is 0 Å². The monoisotopic (exact) mass is 307 g/mol. The van der Waals surface area contributed by atoms with Crippen molar-refractivity contribution < 1.29 is 9.52 Å². The van der Waals surface area contributed by atoms with Crippen molar-refractivity contribution >= 4 is 33.0 Å². The van der Waals surface area contributed by atoms with E-state index in [9.17, 15) is 9.90 Å². The molecule has 1 aliphatic heterocycles. The van der Waals surface area contributed by atoms with Crippen LogP contribution >= 0.6 is 0 Å². The predicted molar refractivity (Wildman–Crippen MR) is 93.0 cm³/mol. The number of phenolic OH excluding ortho intramolecular Hbond substituents is 1. The molecule has 116 valence electrons. The lowest BCUT2D eigenvalue weighted by Crippen LogP contribution is -2.31. The fraction of sp³-hybridized carbons (Fsp3) is 0.211. The van der Waals surface area contributed by atoms with Crippen LogP contribution in [0, 0.1) is 0 Å². The molecule has 0 spiro atoms. The average Bonchev–Trinajstić information content (AvgIpc) is 2.46. The largest absolute Gasteiger partial charge is 0.508 e. The van der Waals surface area contributed by atoms with E-state index in [2.05, 4.69) is 25.2 Å². The number of hydrogen-bond acceptors (Lipinski definition) is 4. The van der Waals surface area contributed by atoms with Crippen molar-refractivity contribution in [2.24, 2.45) is 0 Å². The lowest BCUT2D eigenvalue weighted by molar-refractivity contribution is 0.475. The first-order valence-electron chi connectivity index (χ1n) is 7.56. The van der Waals surface area contributed by atoms with Crippen LogP contribution in [0.5, 0.6) is 5.75 Å². The number of phenols is 1. The Balaban J connectivity index is 2.20. The van der Waals surface area contributed by atoms with Gasteiger partial charge in [-0.25, -0.2) is 4.79 Å². The fourth-order valence-electron chi connectivity index (χ4n) is 3.52. The maximum absolute atomic E-state index is 12.6. The van der Waals surface area contributed by atoms with Gasteiger partial charge in [-0.1, -0.05) is 12.1 Å². The predicted octanol–water partition coefficient (Wildman–Crippen LogP) is 4.26. The van der Waals surface area contributed by atoms with E-state index in [1.54, 1.807) is 12.1 Å². The van der Waals surface area contributed by atoms with E-state index in [-0.39, 0.29) is 16.9 Å². The highest BCUT2D eigenvalue weighted by atomic mass is 16.4. The number of anilines is 1. The van der Waals surface area contributed by atoms with Crippen LogP contribution in [-0.4, -0.2) is 10.6 Å². The summed E-state index contributed by atoms with van der Waals surface area (Å²) in [4.78, 5) is 12.6. The van der Waals surface area contributed by atoms with Crippen molar-refractivity contribution in [1.29, 1.82) is 0 Å². The van der Waals surface area contributed by atoms with Crippen molar-refractivity contribution in [3.63, 3.8) is 0 Å². The molecule has 0 saturated carbocycles. The van der Waals surface area contributed by atoms with Crippen molar-refractivity contribution in [2.45, 2.75) is 26.3 Å². The smallest absolute Gasteiger partial charge is 0.344 e. The maximum atomic E-state index is 12.6. The van der Waals surface area contributed by atoms with E-state index < -0.39 is 0 Å². The van der Waals surface area contributed by atoms with Crippen LogP contribution in [-0.2, 0) is 0 Å². The number of fused-ring (bicyclic) bond motifs is 5. The number of aromatic hydroxyl groups is 1. The molecule has 2 aromatic carbocycles. The zero-order valence-electron chi connectivity index (χ0n) is 13.2. The molecule has 1 aromatic heterocycles. The highest BCUT2D eigenvalue weighted by Gasteiger charge is 2.25. The number of nitrogens with one attached hydrogen (secondary N) is 1. The molecule has 0 saturated heterocycles. The fourth-order valence-corrected chi connectivity index (χ4v) is 3.52.